The number of nitrogens with one attached hydrogen (secondary N) is 1. The molecule has 0 unspecified atom stereocenters. The van der Waals surface area contributed by atoms with Crippen molar-refractivity contribution in [2.75, 3.05) is 14.2 Å². The zero-order valence-electron chi connectivity index (χ0n) is 17.3. The fourth-order valence-electron chi connectivity index (χ4n) is 3.50. The lowest BCUT2D eigenvalue weighted by Gasteiger charge is -2.25. The summed E-state index contributed by atoms with van der Waals surface area (Å²) in [5.74, 6) is 1.58. The Kier molecular flexibility index (Phi) is 6.99. The molecule has 0 fully saturated rings. The molecule has 0 aliphatic carbocycles. The average molecular weight is 413 g/mol. The molecule has 0 spiro atoms. The minimum absolute atomic E-state index is 0.0170. The second kappa shape index (κ2) is 9.65. The highest BCUT2D eigenvalue weighted by atomic mass is 32.1. The topological polar surface area (TPSA) is 52.5 Å². The van der Waals surface area contributed by atoms with Gasteiger partial charge in [-0.2, -0.15) is 11.3 Å². The maximum Gasteiger partial charge on any atom is 0.222 e. The van der Waals surface area contributed by atoms with E-state index in [1.807, 2.05) is 48.1 Å². The van der Waals surface area contributed by atoms with Gasteiger partial charge >= 0.3 is 0 Å². The van der Waals surface area contributed by atoms with Crippen molar-refractivity contribution in [1.29, 1.82) is 0 Å². The van der Waals surface area contributed by atoms with E-state index in [0.29, 0.717) is 17.9 Å². The Morgan fingerprint density at radius 1 is 1.07 bits per heavy atom. The van der Waals surface area contributed by atoms with Crippen LogP contribution in [0.2, 0.25) is 0 Å². The van der Waals surface area contributed by atoms with Gasteiger partial charge in [-0.05, 0) is 58.1 Å². The number of carbonyl (C=O) groups excluding carboxylic acids is 1. The molecule has 29 heavy (non-hydrogen) atoms. The Balaban J connectivity index is 1.79. The van der Waals surface area contributed by atoms with E-state index in [0.717, 1.165) is 11.1 Å². The number of thiophene rings is 1. The minimum atomic E-state index is -0.116. The first kappa shape index (κ1) is 21.0. The fourth-order valence-corrected chi connectivity index (χ4v) is 4.21. The lowest BCUT2D eigenvalue weighted by Crippen LogP contribution is -2.33. The predicted octanol–water partition coefficient (Wildman–Crippen LogP) is 5.06. The molecule has 3 rings (SSSR count). The molecule has 0 aliphatic rings. The standard InChI is InChI=1S/C23H28N2O3S/c1-16(2)23(17-7-8-20(27-3)21(13-17)28-4)24-22(26)14-19(18-9-12-29-15-18)25-10-5-6-11-25/h5-13,15-16,19,23H,14H2,1-4H3,(H,24,26)/t19-,23+/m0/s1. The second-order valence-corrected chi connectivity index (χ2v) is 8.09. The van der Waals surface area contributed by atoms with Gasteiger partial charge in [-0.1, -0.05) is 19.9 Å². The number of ether oxygens (including phenoxy) is 2. The summed E-state index contributed by atoms with van der Waals surface area (Å²) in [6.45, 7) is 4.20. The zero-order valence-corrected chi connectivity index (χ0v) is 18.1. The molecule has 2 atom stereocenters. The Labute approximate surface area is 176 Å². The maximum absolute atomic E-state index is 13.0. The molecule has 0 saturated carbocycles. The number of carbonyl (C=O) groups is 1. The fraction of sp³-hybridized carbons (Fsp3) is 0.348. The van der Waals surface area contributed by atoms with Crippen LogP contribution >= 0.6 is 11.3 Å². The van der Waals surface area contributed by atoms with Crippen molar-refractivity contribution in [2.45, 2.75) is 32.4 Å². The van der Waals surface area contributed by atoms with Crippen molar-refractivity contribution in [2.24, 2.45) is 5.92 Å². The minimum Gasteiger partial charge on any atom is -0.493 e. The van der Waals surface area contributed by atoms with Gasteiger partial charge in [-0.3, -0.25) is 4.79 Å². The SMILES string of the molecule is COc1ccc([C@H](NC(=O)C[C@@H](c2ccsc2)n2cccc2)C(C)C)cc1OC. The first-order valence-corrected chi connectivity index (χ1v) is 10.6. The predicted molar refractivity (Wildman–Crippen MR) is 117 cm³/mol. The second-order valence-electron chi connectivity index (χ2n) is 7.31. The largest absolute Gasteiger partial charge is 0.493 e. The van der Waals surface area contributed by atoms with Gasteiger partial charge in [0.2, 0.25) is 5.91 Å². The number of nitrogens with zero attached hydrogens (tertiary/aromatic N) is 1. The summed E-state index contributed by atoms with van der Waals surface area (Å²) in [6.07, 6.45) is 4.38. The number of benzene rings is 1. The van der Waals surface area contributed by atoms with Gasteiger partial charge in [0.25, 0.3) is 0 Å². The van der Waals surface area contributed by atoms with Crippen LogP contribution in [0.5, 0.6) is 11.5 Å². The van der Waals surface area contributed by atoms with Crippen LogP contribution in [0.4, 0.5) is 0 Å². The van der Waals surface area contributed by atoms with Gasteiger partial charge in [-0.25, -0.2) is 0 Å². The van der Waals surface area contributed by atoms with Crippen LogP contribution in [0, 0.1) is 5.92 Å². The summed E-state index contributed by atoms with van der Waals surface area (Å²) in [5.41, 5.74) is 2.15. The van der Waals surface area contributed by atoms with Crippen molar-refractivity contribution >= 4 is 17.2 Å². The third kappa shape index (κ3) is 5.01. The van der Waals surface area contributed by atoms with E-state index in [-0.39, 0.29) is 23.9 Å². The van der Waals surface area contributed by atoms with Crippen molar-refractivity contribution in [3.8, 4) is 11.5 Å². The van der Waals surface area contributed by atoms with Gasteiger partial charge in [0.05, 0.1) is 32.7 Å². The molecule has 1 amide bonds. The summed E-state index contributed by atoms with van der Waals surface area (Å²) in [4.78, 5) is 13.0. The van der Waals surface area contributed by atoms with E-state index >= 15 is 0 Å². The first-order chi connectivity index (χ1) is 14.0. The van der Waals surface area contributed by atoms with Crippen LogP contribution in [-0.2, 0) is 4.79 Å². The summed E-state index contributed by atoms with van der Waals surface area (Å²) in [5, 5.41) is 7.38. The van der Waals surface area contributed by atoms with E-state index in [9.17, 15) is 4.79 Å². The summed E-state index contributed by atoms with van der Waals surface area (Å²) in [7, 11) is 3.23. The highest BCUT2D eigenvalue weighted by Gasteiger charge is 2.23. The highest BCUT2D eigenvalue weighted by Crippen LogP contribution is 2.33. The lowest BCUT2D eigenvalue weighted by molar-refractivity contribution is -0.122. The smallest absolute Gasteiger partial charge is 0.222 e. The number of hydrogen-bond donors (Lipinski definition) is 1. The van der Waals surface area contributed by atoms with Gasteiger partial charge in [0.1, 0.15) is 0 Å². The van der Waals surface area contributed by atoms with E-state index < -0.39 is 0 Å². The Morgan fingerprint density at radius 2 is 1.79 bits per heavy atom. The van der Waals surface area contributed by atoms with Crippen molar-refractivity contribution < 1.29 is 14.3 Å². The number of aromatic nitrogens is 1. The quantitative estimate of drug-likeness (QED) is 0.534. The molecule has 3 aromatic rings. The summed E-state index contributed by atoms with van der Waals surface area (Å²) in [6, 6.07) is 11.7. The van der Waals surface area contributed by atoms with Crippen molar-refractivity contribution in [3.63, 3.8) is 0 Å². The Bertz CT molecular complexity index is 870. The van der Waals surface area contributed by atoms with Crippen LogP contribution in [0.3, 0.4) is 0 Å². The highest BCUT2D eigenvalue weighted by molar-refractivity contribution is 7.08. The molecule has 1 N–H and O–H groups in total. The molecule has 0 bridgehead atoms. The number of methoxy groups -OCH3 is 2. The van der Waals surface area contributed by atoms with Gasteiger partial charge in [-0.15, -0.1) is 0 Å². The third-order valence-corrected chi connectivity index (χ3v) is 5.75. The van der Waals surface area contributed by atoms with Crippen LogP contribution in [0.1, 0.15) is 43.5 Å². The van der Waals surface area contributed by atoms with E-state index in [2.05, 4.69) is 35.2 Å². The van der Waals surface area contributed by atoms with Crippen LogP contribution in [0.25, 0.3) is 0 Å². The van der Waals surface area contributed by atoms with Crippen LogP contribution in [-0.4, -0.2) is 24.7 Å². The molecule has 0 saturated heterocycles. The normalized spacial score (nSPS) is 13.1. The number of hydrogen-bond acceptors (Lipinski definition) is 4. The molecule has 0 radical (unpaired) electrons. The zero-order chi connectivity index (χ0) is 20.8. The van der Waals surface area contributed by atoms with E-state index in [1.54, 1.807) is 25.6 Å². The van der Waals surface area contributed by atoms with Gasteiger partial charge in [0, 0.05) is 12.4 Å². The average Bonchev–Trinajstić information content (AvgIpc) is 3.44. The first-order valence-electron chi connectivity index (χ1n) is 9.69. The van der Waals surface area contributed by atoms with Crippen molar-refractivity contribution in [3.05, 3.63) is 70.7 Å². The molecule has 2 heterocycles. The summed E-state index contributed by atoms with van der Waals surface area (Å²) < 4.78 is 12.9. The van der Waals surface area contributed by atoms with Crippen LogP contribution in [0.15, 0.2) is 59.6 Å². The molecular weight excluding hydrogens is 384 g/mol. The summed E-state index contributed by atoms with van der Waals surface area (Å²) >= 11 is 1.64. The van der Waals surface area contributed by atoms with E-state index in [4.69, 9.17) is 9.47 Å². The van der Waals surface area contributed by atoms with Gasteiger partial charge in [0.15, 0.2) is 11.5 Å². The maximum atomic E-state index is 13.0. The Morgan fingerprint density at radius 3 is 2.38 bits per heavy atom. The van der Waals surface area contributed by atoms with Crippen LogP contribution < -0.4 is 14.8 Å². The monoisotopic (exact) mass is 412 g/mol. The molecular formula is C23H28N2O3S. The molecule has 1 aromatic carbocycles. The van der Waals surface area contributed by atoms with E-state index in [1.165, 1.54) is 0 Å². The van der Waals surface area contributed by atoms with Crippen molar-refractivity contribution in [1.82, 2.24) is 9.88 Å². The lowest BCUT2D eigenvalue weighted by atomic mass is 9.95. The molecule has 6 heteroatoms. The number of rotatable bonds is 9. The molecule has 2 aromatic heterocycles. The molecule has 154 valence electrons. The Hall–Kier alpha value is -2.73. The number of amides is 1. The van der Waals surface area contributed by atoms with Gasteiger partial charge < -0.3 is 19.4 Å². The third-order valence-electron chi connectivity index (χ3n) is 5.04. The molecule has 5 nitrogen and oxygen atoms in total. The molecule has 0 aliphatic heterocycles.